The van der Waals surface area contributed by atoms with E-state index in [4.69, 9.17) is 4.74 Å². The summed E-state index contributed by atoms with van der Waals surface area (Å²) >= 11 is 0. The molecule has 2 aliphatic rings. The van der Waals surface area contributed by atoms with Crippen LogP contribution in [0.2, 0.25) is 0 Å². The Bertz CT molecular complexity index is 890. The van der Waals surface area contributed by atoms with Crippen molar-refractivity contribution in [3.05, 3.63) is 59.2 Å². The Morgan fingerprint density at radius 2 is 1.84 bits per heavy atom. The van der Waals surface area contributed by atoms with E-state index in [1.807, 2.05) is 19.1 Å². The molecule has 0 radical (unpaired) electrons. The number of amides is 1. The average Bonchev–Trinajstić information content (AvgIpc) is 2.80. The van der Waals surface area contributed by atoms with E-state index in [0.717, 1.165) is 37.6 Å². The largest absolute Gasteiger partial charge is 0.492 e. The first-order valence-corrected chi connectivity index (χ1v) is 11.9. The zero-order chi connectivity index (χ0) is 21.6. The highest BCUT2D eigenvalue weighted by atomic mass is 16.5. The van der Waals surface area contributed by atoms with E-state index in [2.05, 4.69) is 47.5 Å². The lowest BCUT2D eigenvalue weighted by molar-refractivity contribution is -0.892. The van der Waals surface area contributed by atoms with Crippen molar-refractivity contribution in [3.63, 3.8) is 0 Å². The van der Waals surface area contributed by atoms with Crippen molar-refractivity contribution in [1.82, 2.24) is 5.32 Å². The van der Waals surface area contributed by atoms with E-state index in [1.165, 1.54) is 47.3 Å². The molecule has 0 saturated carbocycles. The van der Waals surface area contributed by atoms with Gasteiger partial charge in [-0.1, -0.05) is 30.3 Å². The van der Waals surface area contributed by atoms with Gasteiger partial charge in [-0.25, -0.2) is 0 Å². The number of quaternary nitrogens is 1. The molecule has 1 atom stereocenters. The summed E-state index contributed by atoms with van der Waals surface area (Å²) in [7, 11) is 0. The number of rotatable bonds is 7. The summed E-state index contributed by atoms with van der Waals surface area (Å²) in [6, 6.07) is 15.1. The number of carbonyl (C=O) groups is 1. The second kappa shape index (κ2) is 10.2. The smallest absolute Gasteiger partial charge is 0.275 e. The van der Waals surface area contributed by atoms with Gasteiger partial charge in [0.15, 0.2) is 6.54 Å². The normalized spacial score (nSPS) is 17.7. The molecule has 2 aromatic carbocycles. The Balaban J connectivity index is 1.27. The highest BCUT2D eigenvalue weighted by Crippen LogP contribution is 2.28. The molecule has 0 unspecified atom stereocenters. The van der Waals surface area contributed by atoms with Crippen LogP contribution in [0.4, 0.5) is 5.69 Å². The van der Waals surface area contributed by atoms with Gasteiger partial charge in [-0.3, -0.25) is 4.79 Å². The second-order valence-corrected chi connectivity index (χ2v) is 8.84. The Kier molecular flexibility index (Phi) is 7.13. The summed E-state index contributed by atoms with van der Waals surface area (Å²) in [5, 5.41) is 3.23. The van der Waals surface area contributed by atoms with Crippen molar-refractivity contribution in [2.75, 3.05) is 44.2 Å². The van der Waals surface area contributed by atoms with Crippen molar-refractivity contribution in [2.24, 2.45) is 0 Å². The number of hydrogen-bond donors (Lipinski definition) is 2. The topological polar surface area (TPSA) is 46.0 Å². The van der Waals surface area contributed by atoms with Crippen molar-refractivity contribution in [2.45, 2.75) is 45.6 Å². The summed E-state index contributed by atoms with van der Waals surface area (Å²) in [6.07, 6.45) is 4.94. The Labute approximate surface area is 186 Å². The lowest BCUT2D eigenvalue weighted by Gasteiger charge is -2.34. The van der Waals surface area contributed by atoms with Gasteiger partial charge in [-0.15, -0.1) is 0 Å². The maximum absolute atomic E-state index is 12.7. The fraction of sp³-hybridized carbons (Fsp3) is 0.500. The number of benzene rings is 2. The van der Waals surface area contributed by atoms with Gasteiger partial charge in [0.1, 0.15) is 5.75 Å². The molecule has 5 nitrogen and oxygen atoms in total. The minimum absolute atomic E-state index is 0.0542. The van der Waals surface area contributed by atoms with Crippen LogP contribution in [0.3, 0.4) is 0 Å². The third-order valence-corrected chi connectivity index (χ3v) is 6.64. The molecule has 1 aliphatic carbocycles. The third kappa shape index (κ3) is 5.40. The molecule has 1 amide bonds. The van der Waals surface area contributed by atoms with Crippen molar-refractivity contribution < 1.29 is 14.4 Å². The van der Waals surface area contributed by atoms with Crippen LogP contribution in [-0.4, -0.2) is 45.2 Å². The zero-order valence-corrected chi connectivity index (χ0v) is 19.0. The second-order valence-electron chi connectivity index (χ2n) is 8.84. The molecule has 2 aromatic rings. The van der Waals surface area contributed by atoms with Gasteiger partial charge in [0.25, 0.3) is 5.91 Å². The number of nitrogens with zero attached hydrogens (tertiary/aromatic N) is 1. The molecular weight excluding hydrogens is 386 g/mol. The fourth-order valence-electron chi connectivity index (χ4n) is 4.86. The molecular formula is C26H36N3O2+. The summed E-state index contributed by atoms with van der Waals surface area (Å²) < 4.78 is 5.79. The molecule has 5 heteroatoms. The highest BCUT2D eigenvalue weighted by Gasteiger charge is 2.24. The predicted octanol–water partition coefficient (Wildman–Crippen LogP) is 2.55. The van der Waals surface area contributed by atoms with Gasteiger partial charge in [0, 0.05) is 0 Å². The summed E-state index contributed by atoms with van der Waals surface area (Å²) in [5.74, 6) is 1.09. The van der Waals surface area contributed by atoms with Crippen LogP contribution >= 0.6 is 0 Å². The first-order chi connectivity index (χ1) is 15.1. The number of nitrogens with one attached hydrogen (secondary N) is 2. The zero-order valence-electron chi connectivity index (χ0n) is 19.0. The molecule has 0 spiro atoms. The van der Waals surface area contributed by atoms with Crippen LogP contribution in [-0.2, 0) is 17.6 Å². The van der Waals surface area contributed by atoms with E-state index in [1.54, 1.807) is 0 Å². The van der Waals surface area contributed by atoms with Crippen LogP contribution in [0.25, 0.3) is 0 Å². The summed E-state index contributed by atoms with van der Waals surface area (Å²) in [5.41, 5.74) is 5.34. The molecule has 166 valence electrons. The number of fused-ring (bicyclic) bond motifs is 1. The Morgan fingerprint density at radius 1 is 1.10 bits per heavy atom. The molecule has 0 aromatic heterocycles. The number of hydrogen-bond acceptors (Lipinski definition) is 3. The number of ether oxygens (including phenoxy) is 1. The van der Waals surface area contributed by atoms with Crippen LogP contribution in [0, 0.1) is 0 Å². The number of anilines is 1. The van der Waals surface area contributed by atoms with Gasteiger partial charge < -0.3 is 19.9 Å². The lowest BCUT2D eigenvalue weighted by atomic mass is 9.89. The van der Waals surface area contributed by atoms with Crippen LogP contribution in [0.5, 0.6) is 5.75 Å². The predicted molar refractivity (Wildman–Crippen MR) is 125 cm³/mol. The van der Waals surface area contributed by atoms with Crippen LogP contribution < -0.4 is 19.9 Å². The molecule has 4 rings (SSSR count). The summed E-state index contributed by atoms with van der Waals surface area (Å²) in [4.78, 5) is 16.4. The molecule has 0 bridgehead atoms. The van der Waals surface area contributed by atoms with Gasteiger partial charge >= 0.3 is 0 Å². The SMILES string of the molecule is CCOc1ccccc1N1CC[NH+](CC(=O)N[C@H](C)c2ccc3c(c2)CCCC3)CC1. The first kappa shape index (κ1) is 21.7. The minimum Gasteiger partial charge on any atom is -0.492 e. The van der Waals surface area contributed by atoms with E-state index in [-0.39, 0.29) is 11.9 Å². The van der Waals surface area contributed by atoms with Gasteiger partial charge in [-0.2, -0.15) is 0 Å². The molecule has 1 fully saturated rings. The van der Waals surface area contributed by atoms with Gasteiger partial charge in [0.2, 0.25) is 0 Å². The van der Waals surface area contributed by atoms with Gasteiger partial charge in [0.05, 0.1) is 44.5 Å². The van der Waals surface area contributed by atoms with Gasteiger partial charge in [-0.05, 0) is 68.4 Å². The number of piperazine rings is 1. The molecule has 1 heterocycles. The average molecular weight is 423 g/mol. The first-order valence-electron chi connectivity index (χ1n) is 11.9. The van der Waals surface area contributed by atoms with Crippen molar-refractivity contribution in [3.8, 4) is 5.75 Å². The number of para-hydroxylation sites is 2. The standard InChI is InChI=1S/C26H35N3O2/c1-3-31-25-11-7-6-10-24(25)29-16-14-28(15-17-29)19-26(30)27-20(2)22-13-12-21-8-4-5-9-23(21)18-22/h6-7,10-13,18,20H,3-5,8-9,14-17,19H2,1-2H3,(H,27,30)/p+1/t20-/m1/s1. The minimum atomic E-state index is 0.0542. The van der Waals surface area contributed by atoms with Crippen molar-refractivity contribution in [1.29, 1.82) is 0 Å². The molecule has 31 heavy (non-hydrogen) atoms. The highest BCUT2D eigenvalue weighted by molar-refractivity contribution is 5.77. The van der Waals surface area contributed by atoms with E-state index in [9.17, 15) is 4.79 Å². The van der Waals surface area contributed by atoms with E-state index < -0.39 is 0 Å². The maximum Gasteiger partial charge on any atom is 0.275 e. The Morgan fingerprint density at radius 3 is 2.61 bits per heavy atom. The Hall–Kier alpha value is -2.53. The third-order valence-electron chi connectivity index (χ3n) is 6.64. The lowest BCUT2D eigenvalue weighted by Crippen LogP contribution is -3.15. The van der Waals surface area contributed by atoms with Crippen molar-refractivity contribution >= 4 is 11.6 Å². The van der Waals surface area contributed by atoms with E-state index >= 15 is 0 Å². The van der Waals surface area contributed by atoms with E-state index in [0.29, 0.717) is 13.2 Å². The molecule has 2 N–H and O–H groups in total. The monoisotopic (exact) mass is 422 g/mol. The van der Waals surface area contributed by atoms with Crippen LogP contribution in [0.15, 0.2) is 42.5 Å². The summed E-state index contributed by atoms with van der Waals surface area (Å²) in [6.45, 7) is 9.12. The molecule has 1 aliphatic heterocycles. The van der Waals surface area contributed by atoms with Crippen LogP contribution in [0.1, 0.15) is 49.4 Å². The number of aryl methyl sites for hydroxylation is 2. The quantitative estimate of drug-likeness (QED) is 0.721. The molecule has 1 saturated heterocycles. The fourth-order valence-corrected chi connectivity index (χ4v) is 4.86. The number of carbonyl (C=O) groups excluding carboxylic acids is 1. The maximum atomic E-state index is 12.7.